The van der Waals surface area contributed by atoms with Gasteiger partial charge >= 0.3 is 0 Å². The number of hydrogen-bond donors (Lipinski definition) is 1. The molecule has 0 aromatic heterocycles. The highest BCUT2D eigenvalue weighted by atomic mass is 32.2. The molecule has 0 bridgehead atoms. The highest BCUT2D eigenvalue weighted by molar-refractivity contribution is 7.98. The molecule has 184 valence electrons. The Morgan fingerprint density at radius 2 is 1.51 bits per heavy atom. The molecule has 35 heavy (non-hydrogen) atoms. The second kappa shape index (κ2) is 14.3. The van der Waals surface area contributed by atoms with E-state index in [1.807, 2.05) is 55.5 Å². The maximum Gasteiger partial charge on any atom is 0.243 e. The lowest BCUT2D eigenvalue weighted by molar-refractivity contribution is -0.141. The van der Waals surface area contributed by atoms with Gasteiger partial charge in [0.2, 0.25) is 11.8 Å². The third kappa shape index (κ3) is 8.87. The van der Waals surface area contributed by atoms with Gasteiger partial charge in [-0.2, -0.15) is 11.8 Å². The highest BCUT2D eigenvalue weighted by Gasteiger charge is 2.30. The van der Waals surface area contributed by atoms with Crippen molar-refractivity contribution in [2.24, 2.45) is 0 Å². The summed E-state index contributed by atoms with van der Waals surface area (Å²) in [6.07, 6.45) is 1.55. The van der Waals surface area contributed by atoms with Crippen molar-refractivity contribution in [1.82, 2.24) is 10.2 Å². The zero-order valence-electron chi connectivity index (χ0n) is 20.2. The third-order valence-corrected chi connectivity index (χ3v) is 6.69. The molecule has 0 aliphatic carbocycles. The largest absolute Gasteiger partial charge is 0.354 e. The maximum absolute atomic E-state index is 13.5. The van der Waals surface area contributed by atoms with E-state index in [4.69, 9.17) is 0 Å². The summed E-state index contributed by atoms with van der Waals surface area (Å²) < 4.78 is 13.5. The summed E-state index contributed by atoms with van der Waals surface area (Å²) in [6.45, 7) is 2.80. The molecule has 4 nitrogen and oxygen atoms in total. The molecule has 0 radical (unpaired) electrons. The van der Waals surface area contributed by atoms with Gasteiger partial charge in [0, 0.05) is 37.4 Å². The zero-order chi connectivity index (χ0) is 24.9. The minimum atomic E-state index is -0.652. The average molecular weight is 493 g/mol. The zero-order valence-corrected chi connectivity index (χ0v) is 21.0. The van der Waals surface area contributed by atoms with E-state index in [-0.39, 0.29) is 24.2 Å². The number of benzene rings is 3. The number of hydrogen-bond acceptors (Lipinski definition) is 3. The molecule has 0 spiro atoms. The van der Waals surface area contributed by atoms with Gasteiger partial charge < -0.3 is 10.2 Å². The van der Waals surface area contributed by atoms with E-state index >= 15 is 0 Å². The predicted molar refractivity (Wildman–Crippen MR) is 141 cm³/mol. The Kier molecular flexibility index (Phi) is 10.8. The van der Waals surface area contributed by atoms with Gasteiger partial charge in [0.05, 0.1) is 0 Å². The standard InChI is InChI=1S/C29H33FN2O2S/c1-2-18-31-29(34)27(20-23-9-5-3-6-10-23)32(21-24-13-15-26(30)16-14-24)28(33)17-19-35-22-25-11-7-4-8-12-25/h3-16,27H,2,17-22H2,1H3,(H,31,34)/t27-/m1/s1. The molecule has 0 saturated heterocycles. The SMILES string of the molecule is CCCNC(=O)[C@@H](Cc1ccccc1)N(Cc1ccc(F)cc1)C(=O)CCSCc1ccccc1. The van der Waals surface area contributed by atoms with Gasteiger partial charge in [0.25, 0.3) is 0 Å². The Bertz CT molecular complexity index is 1050. The van der Waals surface area contributed by atoms with Crippen molar-refractivity contribution in [3.8, 4) is 0 Å². The first-order valence-corrected chi connectivity index (χ1v) is 13.2. The average Bonchev–Trinajstić information content (AvgIpc) is 2.89. The second-order valence-corrected chi connectivity index (χ2v) is 9.54. The molecule has 0 fully saturated rings. The second-order valence-electron chi connectivity index (χ2n) is 8.43. The summed E-state index contributed by atoms with van der Waals surface area (Å²) in [5, 5.41) is 2.97. The van der Waals surface area contributed by atoms with E-state index in [1.54, 1.807) is 28.8 Å². The van der Waals surface area contributed by atoms with E-state index < -0.39 is 6.04 Å². The molecule has 2 amide bonds. The van der Waals surface area contributed by atoms with Crippen LogP contribution in [0, 0.1) is 5.82 Å². The van der Waals surface area contributed by atoms with Gasteiger partial charge in [0.15, 0.2) is 0 Å². The molecule has 3 aromatic carbocycles. The van der Waals surface area contributed by atoms with Crippen LogP contribution in [0.4, 0.5) is 4.39 Å². The number of carbonyl (C=O) groups is 2. The Morgan fingerprint density at radius 1 is 0.886 bits per heavy atom. The molecular weight excluding hydrogens is 459 g/mol. The fourth-order valence-electron chi connectivity index (χ4n) is 3.77. The fourth-order valence-corrected chi connectivity index (χ4v) is 4.67. The maximum atomic E-state index is 13.5. The number of thioether (sulfide) groups is 1. The lowest BCUT2D eigenvalue weighted by atomic mass is 10.0. The molecule has 0 aliphatic heterocycles. The molecule has 0 heterocycles. The van der Waals surface area contributed by atoms with Gasteiger partial charge in [-0.3, -0.25) is 9.59 Å². The third-order valence-electron chi connectivity index (χ3n) is 5.66. The van der Waals surface area contributed by atoms with Crippen LogP contribution in [0.25, 0.3) is 0 Å². The van der Waals surface area contributed by atoms with Crippen LogP contribution in [0.15, 0.2) is 84.9 Å². The van der Waals surface area contributed by atoms with Crippen molar-refractivity contribution >= 4 is 23.6 Å². The van der Waals surface area contributed by atoms with E-state index in [9.17, 15) is 14.0 Å². The van der Waals surface area contributed by atoms with Crippen LogP contribution >= 0.6 is 11.8 Å². The number of rotatable bonds is 13. The van der Waals surface area contributed by atoms with Crippen LogP contribution in [0.2, 0.25) is 0 Å². The minimum absolute atomic E-state index is 0.0810. The first-order valence-electron chi connectivity index (χ1n) is 12.0. The van der Waals surface area contributed by atoms with Crippen LogP contribution in [-0.4, -0.2) is 35.1 Å². The fraction of sp³-hybridized carbons (Fsp3) is 0.310. The minimum Gasteiger partial charge on any atom is -0.354 e. The summed E-state index contributed by atoms with van der Waals surface area (Å²) in [6, 6.07) is 25.3. The van der Waals surface area contributed by atoms with Crippen LogP contribution in [0.5, 0.6) is 0 Å². The van der Waals surface area contributed by atoms with Crippen LogP contribution < -0.4 is 5.32 Å². The van der Waals surface area contributed by atoms with E-state index in [0.29, 0.717) is 25.1 Å². The molecule has 3 rings (SSSR count). The van der Waals surface area contributed by atoms with Crippen molar-refractivity contribution < 1.29 is 14.0 Å². The lowest BCUT2D eigenvalue weighted by Gasteiger charge is -2.31. The molecule has 0 unspecified atom stereocenters. The topological polar surface area (TPSA) is 49.4 Å². The first-order chi connectivity index (χ1) is 17.1. The summed E-state index contributed by atoms with van der Waals surface area (Å²) in [5.41, 5.74) is 2.99. The molecule has 6 heteroatoms. The van der Waals surface area contributed by atoms with Gasteiger partial charge in [0.1, 0.15) is 11.9 Å². The van der Waals surface area contributed by atoms with E-state index in [1.165, 1.54) is 17.7 Å². The molecule has 3 aromatic rings. The van der Waals surface area contributed by atoms with Crippen LogP contribution in [-0.2, 0) is 28.3 Å². The number of halogens is 1. The van der Waals surface area contributed by atoms with Crippen molar-refractivity contribution in [3.63, 3.8) is 0 Å². The Morgan fingerprint density at radius 3 is 2.14 bits per heavy atom. The smallest absolute Gasteiger partial charge is 0.243 e. The van der Waals surface area contributed by atoms with Gasteiger partial charge in [-0.05, 0) is 35.2 Å². The Labute approximate surface area is 211 Å². The lowest BCUT2D eigenvalue weighted by Crippen LogP contribution is -2.50. The normalized spacial score (nSPS) is 11.6. The van der Waals surface area contributed by atoms with Gasteiger partial charge in [-0.25, -0.2) is 4.39 Å². The Hall–Kier alpha value is -3.12. The monoisotopic (exact) mass is 492 g/mol. The highest BCUT2D eigenvalue weighted by Crippen LogP contribution is 2.18. The molecule has 0 saturated carbocycles. The quantitative estimate of drug-likeness (QED) is 0.315. The predicted octanol–water partition coefficient (Wildman–Crippen LogP) is 5.62. The summed E-state index contributed by atoms with van der Waals surface area (Å²) in [7, 11) is 0. The van der Waals surface area contributed by atoms with E-state index in [2.05, 4.69) is 17.4 Å². The first kappa shape index (κ1) is 26.5. The Balaban J connectivity index is 1.77. The number of carbonyl (C=O) groups excluding carboxylic acids is 2. The van der Waals surface area contributed by atoms with Crippen molar-refractivity contribution in [2.75, 3.05) is 12.3 Å². The summed E-state index contributed by atoms with van der Waals surface area (Å²) in [4.78, 5) is 28.4. The van der Waals surface area contributed by atoms with Crippen molar-refractivity contribution in [2.45, 2.75) is 44.5 Å². The van der Waals surface area contributed by atoms with Crippen molar-refractivity contribution in [1.29, 1.82) is 0 Å². The number of amides is 2. The summed E-state index contributed by atoms with van der Waals surface area (Å²) in [5.74, 6) is 0.912. The number of nitrogens with zero attached hydrogens (tertiary/aromatic N) is 1. The van der Waals surface area contributed by atoms with Crippen LogP contribution in [0.1, 0.15) is 36.5 Å². The van der Waals surface area contributed by atoms with Gasteiger partial charge in [-0.1, -0.05) is 79.7 Å². The van der Waals surface area contributed by atoms with E-state index in [0.717, 1.165) is 23.3 Å². The number of nitrogens with one attached hydrogen (secondary N) is 1. The molecular formula is C29H33FN2O2S. The molecule has 0 aliphatic rings. The van der Waals surface area contributed by atoms with Crippen LogP contribution in [0.3, 0.4) is 0 Å². The molecule has 1 atom stereocenters. The molecule has 1 N–H and O–H groups in total. The van der Waals surface area contributed by atoms with Gasteiger partial charge in [-0.15, -0.1) is 0 Å². The summed E-state index contributed by atoms with van der Waals surface area (Å²) >= 11 is 1.70. The van der Waals surface area contributed by atoms with Crippen molar-refractivity contribution in [3.05, 3.63) is 107 Å².